The predicted octanol–water partition coefficient (Wildman–Crippen LogP) is 2.70. The lowest BCUT2D eigenvalue weighted by Crippen LogP contribution is -2.33. The van der Waals surface area contributed by atoms with Gasteiger partial charge in [0, 0.05) is 30.4 Å². The van der Waals surface area contributed by atoms with Crippen LogP contribution >= 0.6 is 0 Å². The fourth-order valence-electron chi connectivity index (χ4n) is 2.28. The predicted molar refractivity (Wildman–Crippen MR) is 77.5 cm³/mol. The summed E-state index contributed by atoms with van der Waals surface area (Å²) in [6.45, 7) is 7.73. The first-order valence-corrected chi connectivity index (χ1v) is 7.25. The summed E-state index contributed by atoms with van der Waals surface area (Å²) >= 11 is 0. The van der Waals surface area contributed by atoms with Gasteiger partial charge in [-0.15, -0.1) is 0 Å². The van der Waals surface area contributed by atoms with Gasteiger partial charge in [0.2, 0.25) is 0 Å². The number of nitrogens with zero attached hydrogens (tertiary/aromatic N) is 2. The minimum absolute atomic E-state index is 0.140. The van der Waals surface area contributed by atoms with Crippen molar-refractivity contribution in [3.8, 4) is 0 Å². The fraction of sp³-hybridized carbons (Fsp3) is 0.600. The summed E-state index contributed by atoms with van der Waals surface area (Å²) in [6.07, 6.45) is 3.13. The summed E-state index contributed by atoms with van der Waals surface area (Å²) < 4.78 is 0. The highest BCUT2D eigenvalue weighted by atomic mass is 16.2. The number of carbonyl (C=O) groups excluding carboxylic acids is 1. The van der Waals surface area contributed by atoms with Crippen molar-refractivity contribution in [2.24, 2.45) is 0 Å². The molecule has 1 saturated carbocycles. The zero-order valence-electron chi connectivity index (χ0n) is 12.1. The lowest BCUT2D eigenvalue weighted by atomic mass is 10.1. The minimum atomic E-state index is 0.140. The summed E-state index contributed by atoms with van der Waals surface area (Å²) in [5.41, 5.74) is 1.73. The van der Waals surface area contributed by atoms with Gasteiger partial charge in [0.05, 0.1) is 0 Å². The molecule has 1 aliphatic rings. The van der Waals surface area contributed by atoms with Gasteiger partial charge in [-0.3, -0.25) is 4.79 Å². The van der Waals surface area contributed by atoms with E-state index in [2.05, 4.69) is 17.2 Å². The number of hydrogen-bond acceptors (Lipinski definition) is 3. The van der Waals surface area contributed by atoms with Crippen LogP contribution in [0.4, 0.5) is 5.82 Å². The molecule has 1 amide bonds. The molecule has 2 rings (SSSR count). The van der Waals surface area contributed by atoms with Gasteiger partial charge >= 0.3 is 0 Å². The van der Waals surface area contributed by atoms with Crippen LogP contribution in [0.1, 0.15) is 49.7 Å². The third-order valence-corrected chi connectivity index (χ3v) is 3.43. The van der Waals surface area contributed by atoms with E-state index < -0.39 is 0 Å². The van der Waals surface area contributed by atoms with E-state index in [9.17, 15) is 4.79 Å². The van der Waals surface area contributed by atoms with Crippen molar-refractivity contribution in [2.45, 2.75) is 46.1 Å². The van der Waals surface area contributed by atoms with E-state index >= 15 is 0 Å². The number of anilines is 1. The van der Waals surface area contributed by atoms with Crippen molar-refractivity contribution in [1.82, 2.24) is 9.88 Å². The highest BCUT2D eigenvalue weighted by molar-refractivity contribution is 5.95. The van der Waals surface area contributed by atoms with Crippen LogP contribution in [-0.2, 0) is 6.42 Å². The molecule has 104 valence electrons. The quantitative estimate of drug-likeness (QED) is 0.856. The van der Waals surface area contributed by atoms with Gasteiger partial charge < -0.3 is 10.2 Å². The molecule has 0 radical (unpaired) electrons. The van der Waals surface area contributed by atoms with Crippen LogP contribution in [0.3, 0.4) is 0 Å². The molecule has 1 aromatic heterocycles. The SMILES string of the molecule is CCNc1cc(C(=O)N(CC)C2CC2)cc(CC)n1. The lowest BCUT2D eigenvalue weighted by Gasteiger charge is -2.21. The molecular weight excluding hydrogens is 238 g/mol. The van der Waals surface area contributed by atoms with E-state index in [-0.39, 0.29) is 5.91 Å². The summed E-state index contributed by atoms with van der Waals surface area (Å²) in [7, 11) is 0. The Balaban J connectivity index is 2.26. The largest absolute Gasteiger partial charge is 0.370 e. The Labute approximate surface area is 115 Å². The van der Waals surface area contributed by atoms with Crippen LogP contribution in [0.15, 0.2) is 12.1 Å². The number of pyridine rings is 1. The van der Waals surface area contributed by atoms with E-state index in [4.69, 9.17) is 0 Å². The Bertz CT molecular complexity index is 455. The summed E-state index contributed by atoms with van der Waals surface area (Å²) in [6, 6.07) is 4.25. The number of amides is 1. The molecular formula is C15H23N3O. The maximum atomic E-state index is 12.6. The normalized spacial score (nSPS) is 14.3. The van der Waals surface area contributed by atoms with Crippen molar-refractivity contribution in [3.63, 3.8) is 0 Å². The van der Waals surface area contributed by atoms with Crippen LogP contribution in [0.5, 0.6) is 0 Å². The maximum absolute atomic E-state index is 12.6. The number of nitrogens with one attached hydrogen (secondary N) is 1. The molecule has 1 aromatic rings. The molecule has 1 fully saturated rings. The van der Waals surface area contributed by atoms with Crippen molar-refractivity contribution < 1.29 is 4.79 Å². The maximum Gasteiger partial charge on any atom is 0.254 e. The van der Waals surface area contributed by atoms with Gasteiger partial charge in [-0.1, -0.05) is 6.92 Å². The van der Waals surface area contributed by atoms with E-state index in [0.717, 1.165) is 49.4 Å². The summed E-state index contributed by atoms with van der Waals surface area (Å²) in [5, 5.41) is 3.20. The molecule has 4 heteroatoms. The molecule has 0 aliphatic heterocycles. The third-order valence-electron chi connectivity index (χ3n) is 3.43. The summed E-state index contributed by atoms with van der Waals surface area (Å²) in [4.78, 5) is 19.0. The molecule has 19 heavy (non-hydrogen) atoms. The highest BCUT2D eigenvalue weighted by Crippen LogP contribution is 2.28. The zero-order valence-corrected chi connectivity index (χ0v) is 12.1. The van der Waals surface area contributed by atoms with Crippen LogP contribution in [0, 0.1) is 0 Å². The molecule has 0 unspecified atom stereocenters. The first kappa shape index (κ1) is 13.8. The van der Waals surface area contributed by atoms with Crippen molar-refractivity contribution in [2.75, 3.05) is 18.4 Å². The Morgan fingerprint density at radius 3 is 2.63 bits per heavy atom. The molecule has 0 atom stereocenters. The molecule has 0 aromatic carbocycles. The second kappa shape index (κ2) is 6.04. The number of aryl methyl sites for hydroxylation is 1. The average molecular weight is 261 g/mol. The monoisotopic (exact) mass is 261 g/mol. The number of aromatic nitrogens is 1. The molecule has 4 nitrogen and oxygen atoms in total. The molecule has 1 aliphatic carbocycles. The van der Waals surface area contributed by atoms with E-state index in [0.29, 0.717) is 6.04 Å². The van der Waals surface area contributed by atoms with E-state index in [1.54, 1.807) is 0 Å². The summed E-state index contributed by atoms with van der Waals surface area (Å²) in [5.74, 6) is 0.943. The van der Waals surface area contributed by atoms with Gasteiger partial charge in [-0.25, -0.2) is 4.98 Å². The Morgan fingerprint density at radius 1 is 1.37 bits per heavy atom. The van der Waals surface area contributed by atoms with Crippen LogP contribution in [0.25, 0.3) is 0 Å². The molecule has 0 spiro atoms. The standard InChI is InChI=1S/C15H23N3O/c1-4-12-9-11(10-14(17-12)16-5-2)15(19)18(6-3)13-7-8-13/h9-10,13H,4-8H2,1-3H3,(H,16,17). The Kier molecular flexibility index (Phi) is 4.40. The Hall–Kier alpha value is -1.58. The molecule has 1 N–H and O–H groups in total. The Morgan fingerprint density at radius 2 is 2.11 bits per heavy atom. The van der Waals surface area contributed by atoms with Crippen LogP contribution < -0.4 is 5.32 Å². The van der Waals surface area contributed by atoms with Crippen molar-refractivity contribution in [1.29, 1.82) is 0 Å². The van der Waals surface area contributed by atoms with E-state index in [1.807, 2.05) is 30.9 Å². The number of rotatable bonds is 6. The first-order valence-electron chi connectivity index (χ1n) is 7.25. The zero-order chi connectivity index (χ0) is 13.8. The van der Waals surface area contributed by atoms with Crippen LogP contribution in [0.2, 0.25) is 0 Å². The van der Waals surface area contributed by atoms with Gasteiger partial charge in [0.15, 0.2) is 0 Å². The van der Waals surface area contributed by atoms with Gasteiger partial charge in [0.1, 0.15) is 5.82 Å². The molecule has 0 bridgehead atoms. The highest BCUT2D eigenvalue weighted by Gasteiger charge is 2.32. The average Bonchev–Trinajstić information content (AvgIpc) is 3.24. The first-order chi connectivity index (χ1) is 9.19. The fourth-order valence-corrected chi connectivity index (χ4v) is 2.28. The smallest absolute Gasteiger partial charge is 0.254 e. The van der Waals surface area contributed by atoms with Gasteiger partial charge in [-0.05, 0) is 45.2 Å². The third kappa shape index (κ3) is 3.25. The number of hydrogen-bond donors (Lipinski definition) is 1. The second-order valence-electron chi connectivity index (χ2n) is 4.94. The number of carbonyl (C=O) groups is 1. The lowest BCUT2D eigenvalue weighted by molar-refractivity contribution is 0.0752. The minimum Gasteiger partial charge on any atom is -0.370 e. The molecule has 1 heterocycles. The van der Waals surface area contributed by atoms with Gasteiger partial charge in [0.25, 0.3) is 5.91 Å². The van der Waals surface area contributed by atoms with Crippen LogP contribution in [-0.4, -0.2) is 34.9 Å². The van der Waals surface area contributed by atoms with Crippen molar-refractivity contribution >= 4 is 11.7 Å². The van der Waals surface area contributed by atoms with Gasteiger partial charge in [-0.2, -0.15) is 0 Å². The molecule has 0 saturated heterocycles. The topological polar surface area (TPSA) is 45.2 Å². The van der Waals surface area contributed by atoms with E-state index in [1.165, 1.54) is 0 Å². The second-order valence-corrected chi connectivity index (χ2v) is 4.94. The van der Waals surface area contributed by atoms with Crippen molar-refractivity contribution in [3.05, 3.63) is 23.4 Å².